The van der Waals surface area contributed by atoms with Crippen LogP contribution in [0.4, 0.5) is 20.0 Å². The Labute approximate surface area is 142 Å². The molecule has 1 aliphatic heterocycles. The molecular formula is C16H17FN4O2S. The summed E-state index contributed by atoms with van der Waals surface area (Å²) in [5, 5.41) is 5.15. The topological polar surface area (TPSA) is 65.5 Å². The molecule has 1 aliphatic rings. The van der Waals surface area contributed by atoms with Crippen molar-refractivity contribution in [2.75, 3.05) is 29.9 Å². The molecular weight excluding hydrogens is 331 g/mol. The van der Waals surface area contributed by atoms with E-state index in [9.17, 15) is 14.0 Å². The van der Waals surface area contributed by atoms with Gasteiger partial charge in [-0.2, -0.15) is 0 Å². The largest absolute Gasteiger partial charge is 0.338 e. The van der Waals surface area contributed by atoms with E-state index in [0.29, 0.717) is 29.6 Å². The summed E-state index contributed by atoms with van der Waals surface area (Å²) in [5.41, 5.74) is 1.24. The molecule has 0 atom stereocenters. The lowest BCUT2D eigenvalue weighted by molar-refractivity contribution is -0.117. The highest BCUT2D eigenvalue weighted by Gasteiger charge is 2.22. The second-order valence-corrected chi connectivity index (χ2v) is 6.30. The van der Waals surface area contributed by atoms with E-state index >= 15 is 0 Å². The summed E-state index contributed by atoms with van der Waals surface area (Å²) >= 11 is 1.34. The van der Waals surface area contributed by atoms with E-state index in [2.05, 4.69) is 10.3 Å². The number of carbonyl (C=O) groups excluding carboxylic acids is 2. The molecule has 3 amide bonds. The van der Waals surface area contributed by atoms with Gasteiger partial charge in [0.25, 0.3) is 0 Å². The molecule has 3 rings (SSSR count). The second kappa shape index (κ2) is 6.96. The van der Waals surface area contributed by atoms with Crippen LogP contribution in [0.15, 0.2) is 29.6 Å². The molecule has 1 aromatic carbocycles. The van der Waals surface area contributed by atoms with Crippen LogP contribution in [-0.4, -0.2) is 37.1 Å². The first-order valence-corrected chi connectivity index (χ1v) is 8.44. The predicted octanol–water partition coefficient (Wildman–Crippen LogP) is 2.41. The third kappa shape index (κ3) is 3.53. The molecule has 0 spiro atoms. The summed E-state index contributed by atoms with van der Waals surface area (Å²) in [4.78, 5) is 31.6. The fourth-order valence-electron chi connectivity index (χ4n) is 2.40. The predicted molar refractivity (Wildman–Crippen MR) is 91.0 cm³/mol. The molecule has 0 saturated carbocycles. The Morgan fingerprint density at radius 3 is 2.88 bits per heavy atom. The number of anilines is 2. The van der Waals surface area contributed by atoms with Gasteiger partial charge in [-0.3, -0.25) is 9.69 Å². The fourth-order valence-corrected chi connectivity index (χ4v) is 3.24. The number of hydrogen-bond acceptors (Lipinski definition) is 4. The zero-order chi connectivity index (χ0) is 17.1. The molecule has 126 valence electrons. The average molecular weight is 348 g/mol. The number of amides is 3. The molecule has 0 unspecified atom stereocenters. The first-order valence-electron chi connectivity index (χ1n) is 7.56. The van der Waals surface area contributed by atoms with Gasteiger partial charge in [0.05, 0.1) is 12.1 Å². The normalized spacial score (nSPS) is 14.4. The Bertz CT molecular complexity index is 747. The quantitative estimate of drug-likeness (QED) is 0.923. The van der Waals surface area contributed by atoms with Gasteiger partial charge in [0.15, 0.2) is 5.13 Å². The number of urea groups is 1. The van der Waals surface area contributed by atoms with Crippen molar-refractivity contribution in [3.63, 3.8) is 0 Å². The van der Waals surface area contributed by atoms with E-state index in [4.69, 9.17) is 0 Å². The van der Waals surface area contributed by atoms with Crippen LogP contribution in [-0.2, 0) is 11.2 Å². The van der Waals surface area contributed by atoms with Crippen molar-refractivity contribution in [1.29, 1.82) is 0 Å². The molecule has 0 bridgehead atoms. The molecule has 1 saturated heterocycles. The smallest absolute Gasteiger partial charge is 0.323 e. The Hall–Kier alpha value is -2.48. The van der Waals surface area contributed by atoms with Crippen molar-refractivity contribution in [3.8, 4) is 0 Å². The van der Waals surface area contributed by atoms with E-state index in [-0.39, 0.29) is 24.2 Å². The number of rotatable bonds is 4. The van der Waals surface area contributed by atoms with Gasteiger partial charge < -0.3 is 10.2 Å². The highest BCUT2D eigenvalue weighted by Crippen LogP contribution is 2.23. The minimum atomic E-state index is -0.344. The number of thiazole rings is 1. The molecule has 1 fully saturated rings. The van der Waals surface area contributed by atoms with E-state index in [0.717, 1.165) is 6.42 Å². The van der Waals surface area contributed by atoms with Crippen LogP contribution in [0.1, 0.15) is 12.1 Å². The first kappa shape index (κ1) is 16.4. The minimum absolute atomic E-state index is 0.125. The van der Waals surface area contributed by atoms with Crippen LogP contribution >= 0.6 is 11.3 Å². The van der Waals surface area contributed by atoms with Gasteiger partial charge in [0, 0.05) is 31.2 Å². The van der Waals surface area contributed by atoms with Crippen LogP contribution < -0.4 is 15.1 Å². The van der Waals surface area contributed by atoms with Gasteiger partial charge in [-0.1, -0.05) is 0 Å². The van der Waals surface area contributed by atoms with Gasteiger partial charge in [-0.15, -0.1) is 11.3 Å². The molecule has 0 aliphatic carbocycles. The number of aromatic nitrogens is 1. The third-order valence-corrected chi connectivity index (χ3v) is 4.68. The van der Waals surface area contributed by atoms with E-state index in [1.165, 1.54) is 28.4 Å². The van der Waals surface area contributed by atoms with Crippen LogP contribution in [0.2, 0.25) is 0 Å². The zero-order valence-electron chi connectivity index (χ0n) is 13.2. The van der Waals surface area contributed by atoms with Crippen molar-refractivity contribution in [2.45, 2.75) is 12.8 Å². The van der Waals surface area contributed by atoms with E-state index in [1.807, 2.05) is 0 Å². The molecule has 24 heavy (non-hydrogen) atoms. The molecule has 1 aromatic heterocycles. The van der Waals surface area contributed by atoms with Gasteiger partial charge >= 0.3 is 6.03 Å². The van der Waals surface area contributed by atoms with Crippen LogP contribution in [0.5, 0.6) is 0 Å². The van der Waals surface area contributed by atoms with Gasteiger partial charge in [0.2, 0.25) is 5.91 Å². The van der Waals surface area contributed by atoms with Crippen LogP contribution in [0.25, 0.3) is 0 Å². The maximum atomic E-state index is 13.0. The molecule has 1 N–H and O–H groups in total. The van der Waals surface area contributed by atoms with Gasteiger partial charge in [-0.05, 0) is 30.7 Å². The number of hydrogen-bond donors (Lipinski definition) is 1. The molecule has 2 aromatic rings. The maximum Gasteiger partial charge on any atom is 0.323 e. The van der Waals surface area contributed by atoms with Gasteiger partial charge in [-0.25, -0.2) is 14.2 Å². The number of benzene rings is 1. The highest BCUT2D eigenvalue weighted by molar-refractivity contribution is 7.14. The molecule has 0 radical (unpaired) electrons. The Kier molecular flexibility index (Phi) is 4.75. The number of halogens is 1. The molecule has 8 heteroatoms. The first-order chi connectivity index (χ1) is 11.5. The summed E-state index contributed by atoms with van der Waals surface area (Å²) in [6, 6.07) is 5.58. The van der Waals surface area contributed by atoms with Crippen molar-refractivity contribution in [3.05, 3.63) is 41.2 Å². The SMILES string of the molecule is CN(C(=O)Cc1csc(N2CCCNC2=O)n1)c1ccc(F)cc1. The van der Waals surface area contributed by atoms with Crippen molar-refractivity contribution in [1.82, 2.24) is 10.3 Å². The standard InChI is InChI=1S/C16H17FN4O2S/c1-20(13-5-3-11(17)4-6-13)14(22)9-12-10-24-16(19-12)21-8-2-7-18-15(21)23/h3-6,10H,2,7-9H2,1H3,(H,18,23). The summed E-state index contributed by atoms with van der Waals surface area (Å²) < 4.78 is 13.0. The lowest BCUT2D eigenvalue weighted by atomic mass is 10.2. The van der Waals surface area contributed by atoms with Crippen LogP contribution in [0.3, 0.4) is 0 Å². The fraction of sp³-hybridized carbons (Fsp3) is 0.312. The van der Waals surface area contributed by atoms with E-state index < -0.39 is 0 Å². The lowest BCUT2D eigenvalue weighted by Gasteiger charge is -2.24. The van der Waals surface area contributed by atoms with Gasteiger partial charge in [0.1, 0.15) is 5.82 Å². The maximum absolute atomic E-state index is 13.0. The van der Waals surface area contributed by atoms with Crippen molar-refractivity contribution >= 4 is 34.1 Å². The summed E-state index contributed by atoms with van der Waals surface area (Å²) in [6.45, 7) is 1.30. The summed E-state index contributed by atoms with van der Waals surface area (Å²) in [6.07, 6.45) is 0.993. The van der Waals surface area contributed by atoms with E-state index in [1.54, 1.807) is 29.5 Å². The Morgan fingerprint density at radius 2 is 2.17 bits per heavy atom. The zero-order valence-corrected chi connectivity index (χ0v) is 14.0. The number of nitrogens with zero attached hydrogens (tertiary/aromatic N) is 3. The summed E-state index contributed by atoms with van der Waals surface area (Å²) in [5.74, 6) is -0.495. The highest BCUT2D eigenvalue weighted by atomic mass is 32.1. The second-order valence-electron chi connectivity index (χ2n) is 5.46. The number of likely N-dealkylation sites (N-methyl/N-ethyl adjacent to an activating group) is 1. The summed E-state index contributed by atoms with van der Waals surface area (Å²) in [7, 11) is 1.64. The third-order valence-electron chi connectivity index (χ3n) is 3.77. The van der Waals surface area contributed by atoms with Crippen molar-refractivity contribution in [2.24, 2.45) is 0 Å². The Morgan fingerprint density at radius 1 is 1.42 bits per heavy atom. The monoisotopic (exact) mass is 348 g/mol. The molecule has 2 heterocycles. The Balaban J connectivity index is 1.66. The minimum Gasteiger partial charge on any atom is -0.338 e. The van der Waals surface area contributed by atoms with Crippen molar-refractivity contribution < 1.29 is 14.0 Å². The number of nitrogens with one attached hydrogen (secondary N) is 1. The lowest BCUT2D eigenvalue weighted by Crippen LogP contribution is -2.46. The average Bonchev–Trinajstić information content (AvgIpc) is 3.03. The number of carbonyl (C=O) groups is 2. The van der Waals surface area contributed by atoms with Crippen LogP contribution in [0, 0.1) is 5.82 Å². The molecule has 6 nitrogen and oxygen atoms in total.